The van der Waals surface area contributed by atoms with Crippen molar-refractivity contribution in [3.05, 3.63) is 58.3 Å². The Morgan fingerprint density at radius 3 is 2.62 bits per heavy atom. The van der Waals surface area contributed by atoms with Gasteiger partial charge >= 0.3 is 0 Å². The van der Waals surface area contributed by atoms with E-state index in [0.717, 1.165) is 23.5 Å². The summed E-state index contributed by atoms with van der Waals surface area (Å²) in [6.45, 7) is 3.87. The van der Waals surface area contributed by atoms with Crippen LogP contribution in [-0.4, -0.2) is 48.3 Å². The molecule has 0 radical (unpaired) electrons. The highest BCUT2D eigenvalue weighted by atomic mass is 32.1. The number of amides is 2. The van der Waals surface area contributed by atoms with E-state index in [-0.39, 0.29) is 30.3 Å². The molecular weight excluding hydrogens is 346 g/mol. The zero-order valence-electron chi connectivity index (χ0n) is 15.2. The van der Waals surface area contributed by atoms with E-state index in [4.69, 9.17) is 0 Å². The maximum absolute atomic E-state index is 13.1. The second kappa shape index (κ2) is 8.47. The van der Waals surface area contributed by atoms with Crippen LogP contribution in [0, 0.1) is 0 Å². The average molecular weight is 372 g/mol. The summed E-state index contributed by atoms with van der Waals surface area (Å²) in [5.41, 5.74) is 1.15. The Bertz CT molecular complexity index is 733. The van der Waals surface area contributed by atoms with E-state index < -0.39 is 0 Å². The number of nitrogens with one attached hydrogen (secondary N) is 1. The Morgan fingerprint density at radius 1 is 1.19 bits per heavy atom. The van der Waals surface area contributed by atoms with E-state index in [1.807, 2.05) is 40.6 Å². The van der Waals surface area contributed by atoms with Gasteiger partial charge in [0.15, 0.2) is 0 Å². The zero-order valence-corrected chi connectivity index (χ0v) is 16.0. The number of thiophene rings is 1. The second-order valence-electron chi connectivity index (χ2n) is 6.75. The highest BCUT2D eigenvalue weighted by molar-refractivity contribution is 7.10. The fourth-order valence-electron chi connectivity index (χ4n) is 3.43. The van der Waals surface area contributed by atoms with Gasteiger partial charge in [-0.3, -0.25) is 9.59 Å². The molecule has 1 saturated heterocycles. The lowest BCUT2D eigenvalue weighted by atomic mass is 10.0. The standard InChI is InChI=1S/C20H25N3O2S/c1-15(24)21-17(19-9-6-12-26-19)13-20(25)23-11-10-22(2)14-18(23)16-7-4-3-5-8-16/h3-9,12,17-18H,10-11,13-14H2,1-2H3,(H,21,24)/t17-,18-/m0/s1. The van der Waals surface area contributed by atoms with E-state index in [2.05, 4.69) is 29.4 Å². The summed E-state index contributed by atoms with van der Waals surface area (Å²) in [6.07, 6.45) is 0.285. The fourth-order valence-corrected chi connectivity index (χ4v) is 4.21. The van der Waals surface area contributed by atoms with E-state index >= 15 is 0 Å². The Balaban J connectivity index is 1.78. The SMILES string of the molecule is CC(=O)N[C@@H](CC(=O)N1CCN(C)C[C@H]1c1ccccc1)c1cccs1. The topological polar surface area (TPSA) is 52.7 Å². The molecule has 0 unspecified atom stereocenters. The minimum Gasteiger partial charge on any atom is -0.348 e. The number of carbonyl (C=O) groups excluding carboxylic acids is 2. The monoisotopic (exact) mass is 371 g/mol. The van der Waals surface area contributed by atoms with Crippen molar-refractivity contribution in [3.8, 4) is 0 Å². The van der Waals surface area contributed by atoms with E-state index in [1.54, 1.807) is 11.3 Å². The van der Waals surface area contributed by atoms with Crippen LogP contribution in [0.25, 0.3) is 0 Å². The van der Waals surface area contributed by atoms with Crippen molar-refractivity contribution in [1.29, 1.82) is 0 Å². The molecular formula is C20H25N3O2S. The molecule has 2 atom stereocenters. The van der Waals surface area contributed by atoms with E-state index in [9.17, 15) is 9.59 Å². The summed E-state index contributed by atoms with van der Waals surface area (Å²) < 4.78 is 0. The van der Waals surface area contributed by atoms with Crippen LogP contribution in [0.15, 0.2) is 47.8 Å². The molecule has 0 saturated carbocycles. The molecule has 2 amide bonds. The van der Waals surface area contributed by atoms with Gasteiger partial charge in [0.1, 0.15) is 0 Å². The van der Waals surface area contributed by atoms with Crippen molar-refractivity contribution < 1.29 is 9.59 Å². The molecule has 5 nitrogen and oxygen atoms in total. The molecule has 1 N–H and O–H groups in total. The highest BCUT2D eigenvalue weighted by Crippen LogP contribution is 2.28. The third-order valence-electron chi connectivity index (χ3n) is 4.73. The first-order chi connectivity index (χ1) is 12.5. The Hall–Kier alpha value is -2.18. The van der Waals surface area contributed by atoms with Crippen LogP contribution in [0.3, 0.4) is 0 Å². The lowest BCUT2D eigenvalue weighted by Gasteiger charge is -2.41. The van der Waals surface area contributed by atoms with Crippen LogP contribution in [0.2, 0.25) is 0 Å². The second-order valence-corrected chi connectivity index (χ2v) is 7.73. The number of likely N-dealkylation sites (N-methyl/N-ethyl adjacent to an activating group) is 1. The van der Waals surface area contributed by atoms with Crippen LogP contribution >= 0.6 is 11.3 Å². The van der Waals surface area contributed by atoms with Crippen LogP contribution in [0.4, 0.5) is 0 Å². The summed E-state index contributed by atoms with van der Waals surface area (Å²) in [6, 6.07) is 13.9. The van der Waals surface area contributed by atoms with Gasteiger partial charge < -0.3 is 15.1 Å². The number of hydrogen-bond acceptors (Lipinski definition) is 4. The minimum atomic E-state index is -0.268. The molecule has 0 bridgehead atoms. The van der Waals surface area contributed by atoms with Gasteiger partial charge in [-0.1, -0.05) is 36.4 Å². The van der Waals surface area contributed by atoms with E-state index in [1.165, 1.54) is 6.92 Å². The summed E-state index contributed by atoms with van der Waals surface area (Å²) in [7, 11) is 2.09. The van der Waals surface area contributed by atoms with Crippen molar-refractivity contribution in [3.63, 3.8) is 0 Å². The van der Waals surface area contributed by atoms with Gasteiger partial charge in [0.05, 0.1) is 18.5 Å². The fraction of sp³-hybridized carbons (Fsp3) is 0.400. The van der Waals surface area contributed by atoms with Gasteiger partial charge in [-0.2, -0.15) is 0 Å². The highest BCUT2D eigenvalue weighted by Gasteiger charge is 2.31. The molecule has 138 valence electrons. The summed E-state index contributed by atoms with van der Waals surface area (Å²) in [5.74, 6) is -0.0340. The molecule has 1 aliphatic heterocycles. The summed E-state index contributed by atoms with van der Waals surface area (Å²) in [5, 5.41) is 4.90. The van der Waals surface area contributed by atoms with Crippen LogP contribution in [0.1, 0.15) is 35.9 Å². The maximum atomic E-state index is 13.1. The molecule has 0 spiro atoms. The smallest absolute Gasteiger partial charge is 0.225 e. The Labute approximate surface area is 158 Å². The van der Waals surface area contributed by atoms with Crippen molar-refractivity contribution in [2.75, 3.05) is 26.7 Å². The third kappa shape index (κ3) is 4.51. The number of carbonyl (C=O) groups is 2. The third-order valence-corrected chi connectivity index (χ3v) is 5.72. The molecule has 2 heterocycles. The average Bonchev–Trinajstić information content (AvgIpc) is 3.16. The first kappa shape index (κ1) is 18.6. The number of rotatable bonds is 5. The maximum Gasteiger partial charge on any atom is 0.225 e. The van der Waals surface area contributed by atoms with Crippen molar-refractivity contribution >= 4 is 23.2 Å². The number of benzene rings is 1. The summed E-state index contributed by atoms with van der Waals surface area (Å²) >= 11 is 1.57. The van der Waals surface area contributed by atoms with Crippen molar-refractivity contribution in [1.82, 2.24) is 15.1 Å². The van der Waals surface area contributed by atoms with Gasteiger partial charge in [0.2, 0.25) is 11.8 Å². The Morgan fingerprint density at radius 2 is 1.96 bits per heavy atom. The first-order valence-electron chi connectivity index (χ1n) is 8.88. The molecule has 1 aromatic heterocycles. The van der Waals surface area contributed by atoms with Crippen LogP contribution < -0.4 is 5.32 Å². The predicted octanol–water partition coefficient (Wildman–Crippen LogP) is 2.83. The number of hydrogen-bond donors (Lipinski definition) is 1. The minimum absolute atomic E-state index is 0.0452. The van der Waals surface area contributed by atoms with Gasteiger partial charge in [-0.05, 0) is 24.1 Å². The lowest BCUT2D eigenvalue weighted by Crippen LogP contribution is -2.50. The van der Waals surface area contributed by atoms with Crippen molar-refractivity contribution in [2.45, 2.75) is 25.4 Å². The zero-order chi connectivity index (χ0) is 18.5. The molecule has 1 aliphatic rings. The summed E-state index contributed by atoms with van der Waals surface area (Å²) in [4.78, 5) is 30.0. The van der Waals surface area contributed by atoms with Crippen LogP contribution in [0.5, 0.6) is 0 Å². The predicted molar refractivity (Wildman–Crippen MR) is 104 cm³/mol. The molecule has 2 aromatic rings. The molecule has 1 fully saturated rings. The molecule has 0 aliphatic carbocycles. The van der Waals surface area contributed by atoms with E-state index in [0.29, 0.717) is 6.54 Å². The first-order valence-corrected chi connectivity index (χ1v) is 9.76. The lowest BCUT2D eigenvalue weighted by molar-refractivity contribution is -0.136. The van der Waals surface area contributed by atoms with Gasteiger partial charge in [0.25, 0.3) is 0 Å². The quantitative estimate of drug-likeness (QED) is 0.879. The van der Waals surface area contributed by atoms with Gasteiger partial charge in [0, 0.05) is 31.4 Å². The molecule has 1 aromatic carbocycles. The number of piperazine rings is 1. The van der Waals surface area contributed by atoms with Crippen molar-refractivity contribution in [2.24, 2.45) is 0 Å². The molecule has 26 heavy (non-hydrogen) atoms. The normalized spacial score (nSPS) is 19.2. The van der Waals surface area contributed by atoms with Crippen LogP contribution in [-0.2, 0) is 9.59 Å². The van der Waals surface area contributed by atoms with Gasteiger partial charge in [-0.15, -0.1) is 11.3 Å². The molecule has 3 rings (SSSR count). The largest absolute Gasteiger partial charge is 0.348 e. The molecule has 6 heteroatoms. The van der Waals surface area contributed by atoms with Gasteiger partial charge in [-0.25, -0.2) is 0 Å². The Kier molecular flexibility index (Phi) is 6.06. The number of nitrogens with zero attached hydrogens (tertiary/aromatic N) is 2.